The molecule has 152 valence electrons. The molecule has 2 N–H and O–H groups in total. The number of nitrogens with zero attached hydrogens (tertiary/aromatic N) is 2. The van der Waals surface area contributed by atoms with Gasteiger partial charge in [0, 0.05) is 36.8 Å². The summed E-state index contributed by atoms with van der Waals surface area (Å²) < 4.78 is 5.81. The van der Waals surface area contributed by atoms with Crippen LogP contribution in [0.1, 0.15) is 37.0 Å². The molecule has 2 aromatic rings. The van der Waals surface area contributed by atoms with E-state index >= 15 is 0 Å². The van der Waals surface area contributed by atoms with Crippen molar-refractivity contribution in [1.82, 2.24) is 15.2 Å². The molecule has 3 saturated heterocycles. The summed E-state index contributed by atoms with van der Waals surface area (Å²) in [6.07, 6.45) is 3.89. The van der Waals surface area contributed by atoms with Crippen molar-refractivity contribution in [1.29, 1.82) is 0 Å². The molecule has 5 rings (SSSR count). The predicted octanol–water partition coefficient (Wildman–Crippen LogP) is 3.04. The number of carbonyl (C=O) groups excluding carboxylic acids is 2. The second kappa shape index (κ2) is 8.21. The maximum Gasteiger partial charge on any atom is 0.251 e. The standard InChI is InChI=1S/C22H26N4O3/c1-14-21(16-8-11-26(14)12-9-16)25-22(28)17-3-5-18(6-4-17)29-19-7-10-23-20(13-19)24-15(2)27/h3-7,10,13-14,16,21H,8-9,11-12H2,1-2H3,(H,25,28)(H,23,24,27). The molecule has 0 saturated carbocycles. The highest BCUT2D eigenvalue weighted by atomic mass is 16.5. The van der Waals surface area contributed by atoms with Crippen LogP contribution < -0.4 is 15.4 Å². The van der Waals surface area contributed by atoms with Gasteiger partial charge in [-0.05, 0) is 69.1 Å². The van der Waals surface area contributed by atoms with Gasteiger partial charge < -0.3 is 15.4 Å². The molecule has 3 aliphatic rings. The Morgan fingerprint density at radius 1 is 1.10 bits per heavy atom. The molecule has 0 spiro atoms. The van der Waals surface area contributed by atoms with Crippen LogP contribution in [-0.4, -0.2) is 46.9 Å². The zero-order valence-electron chi connectivity index (χ0n) is 16.7. The van der Waals surface area contributed by atoms with E-state index in [1.807, 2.05) is 0 Å². The summed E-state index contributed by atoms with van der Waals surface area (Å²) in [5.41, 5.74) is 0.620. The van der Waals surface area contributed by atoms with Gasteiger partial charge in [0.25, 0.3) is 5.91 Å². The van der Waals surface area contributed by atoms with Gasteiger partial charge in [0.15, 0.2) is 0 Å². The van der Waals surface area contributed by atoms with E-state index in [0.717, 1.165) is 25.9 Å². The van der Waals surface area contributed by atoms with Gasteiger partial charge in [-0.3, -0.25) is 14.5 Å². The molecule has 2 unspecified atom stereocenters. The fraction of sp³-hybridized carbons (Fsp3) is 0.409. The number of carbonyl (C=O) groups is 2. The lowest BCUT2D eigenvalue weighted by atomic mass is 9.79. The summed E-state index contributed by atoms with van der Waals surface area (Å²) in [4.78, 5) is 30.4. The number of anilines is 1. The van der Waals surface area contributed by atoms with Crippen LogP contribution >= 0.6 is 0 Å². The molecule has 2 atom stereocenters. The Hall–Kier alpha value is -2.93. The molecule has 0 aliphatic carbocycles. The Balaban J connectivity index is 1.39. The second-order valence-electron chi connectivity index (χ2n) is 7.80. The first-order valence-corrected chi connectivity index (χ1v) is 10.1. The number of benzene rings is 1. The van der Waals surface area contributed by atoms with Crippen molar-refractivity contribution in [3.63, 3.8) is 0 Å². The SMILES string of the molecule is CC(=O)Nc1cc(Oc2ccc(C(=O)NC3C4CCN(CC4)C3C)cc2)ccn1. The van der Waals surface area contributed by atoms with Crippen LogP contribution in [0.3, 0.4) is 0 Å². The van der Waals surface area contributed by atoms with Gasteiger partial charge in [-0.1, -0.05) is 0 Å². The summed E-state index contributed by atoms with van der Waals surface area (Å²) in [5, 5.41) is 5.86. The third-order valence-electron chi connectivity index (χ3n) is 5.86. The van der Waals surface area contributed by atoms with Gasteiger partial charge in [-0.25, -0.2) is 4.98 Å². The Bertz CT molecular complexity index is 889. The molecule has 1 aromatic carbocycles. The van der Waals surface area contributed by atoms with Gasteiger partial charge >= 0.3 is 0 Å². The molecule has 3 fully saturated rings. The first-order valence-electron chi connectivity index (χ1n) is 10.1. The zero-order chi connectivity index (χ0) is 20.4. The van der Waals surface area contributed by atoms with Crippen molar-refractivity contribution in [2.75, 3.05) is 18.4 Å². The number of hydrogen-bond acceptors (Lipinski definition) is 5. The molecule has 7 nitrogen and oxygen atoms in total. The largest absolute Gasteiger partial charge is 0.457 e. The molecule has 29 heavy (non-hydrogen) atoms. The Labute approximate surface area is 170 Å². The summed E-state index contributed by atoms with van der Waals surface area (Å²) in [6, 6.07) is 11.0. The highest BCUT2D eigenvalue weighted by molar-refractivity contribution is 5.94. The number of amides is 2. The van der Waals surface area contributed by atoms with E-state index in [9.17, 15) is 9.59 Å². The first-order chi connectivity index (χ1) is 14.0. The third kappa shape index (κ3) is 4.40. The molecule has 0 radical (unpaired) electrons. The van der Waals surface area contributed by atoms with Crippen LogP contribution in [0.4, 0.5) is 5.82 Å². The highest BCUT2D eigenvalue weighted by Crippen LogP contribution is 2.32. The lowest BCUT2D eigenvalue weighted by Crippen LogP contribution is -2.62. The minimum Gasteiger partial charge on any atom is -0.457 e. The van der Waals surface area contributed by atoms with E-state index in [1.54, 1.807) is 42.6 Å². The van der Waals surface area contributed by atoms with E-state index in [0.29, 0.717) is 34.8 Å². The Kier molecular flexibility index (Phi) is 5.49. The van der Waals surface area contributed by atoms with E-state index in [-0.39, 0.29) is 17.9 Å². The van der Waals surface area contributed by atoms with Gasteiger partial charge in [0.05, 0.1) is 0 Å². The number of fused-ring (bicyclic) bond motifs is 3. The lowest BCUT2D eigenvalue weighted by molar-refractivity contribution is -0.114. The predicted molar refractivity (Wildman–Crippen MR) is 110 cm³/mol. The van der Waals surface area contributed by atoms with Crippen molar-refractivity contribution in [2.24, 2.45) is 5.92 Å². The van der Waals surface area contributed by atoms with Gasteiger partial charge in [0.1, 0.15) is 17.3 Å². The summed E-state index contributed by atoms with van der Waals surface area (Å²) >= 11 is 0. The Morgan fingerprint density at radius 2 is 1.83 bits per heavy atom. The summed E-state index contributed by atoms with van der Waals surface area (Å²) in [7, 11) is 0. The number of hydrogen-bond donors (Lipinski definition) is 2. The van der Waals surface area contributed by atoms with Crippen LogP contribution in [0.5, 0.6) is 11.5 Å². The fourth-order valence-electron chi connectivity index (χ4n) is 4.31. The molecule has 3 aliphatic heterocycles. The molecular weight excluding hydrogens is 368 g/mol. The molecular formula is C22H26N4O3. The maximum absolute atomic E-state index is 12.7. The van der Waals surface area contributed by atoms with Gasteiger partial charge in [-0.15, -0.1) is 0 Å². The van der Waals surface area contributed by atoms with Crippen LogP contribution in [0.15, 0.2) is 42.6 Å². The number of piperidine rings is 3. The number of ether oxygens (including phenoxy) is 1. The zero-order valence-corrected chi connectivity index (χ0v) is 16.7. The first kappa shape index (κ1) is 19.4. The van der Waals surface area contributed by atoms with Crippen molar-refractivity contribution in [3.8, 4) is 11.5 Å². The average Bonchev–Trinajstić information content (AvgIpc) is 2.71. The van der Waals surface area contributed by atoms with Crippen molar-refractivity contribution in [2.45, 2.75) is 38.8 Å². The molecule has 1 aromatic heterocycles. The smallest absolute Gasteiger partial charge is 0.251 e. The molecule has 2 bridgehead atoms. The molecule has 2 amide bonds. The number of pyridine rings is 1. The maximum atomic E-state index is 12.7. The van der Waals surface area contributed by atoms with Gasteiger partial charge in [0.2, 0.25) is 5.91 Å². The summed E-state index contributed by atoms with van der Waals surface area (Å²) in [5.74, 6) is 1.94. The third-order valence-corrected chi connectivity index (χ3v) is 5.86. The summed E-state index contributed by atoms with van der Waals surface area (Å²) in [6.45, 7) is 5.92. The van der Waals surface area contributed by atoms with Crippen LogP contribution in [0.25, 0.3) is 0 Å². The topological polar surface area (TPSA) is 83.6 Å². The lowest BCUT2D eigenvalue weighted by Gasteiger charge is -2.49. The van der Waals surface area contributed by atoms with Crippen molar-refractivity contribution in [3.05, 3.63) is 48.2 Å². The average molecular weight is 394 g/mol. The monoisotopic (exact) mass is 394 g/mol. The number of aromatic nitrogens is 1. The molecule has 4 heterocycles. The van der Waals surface area contributed by atoms with Crippen LogP contribution in [0.2, 0.25) is 0 Å². The number of nitrogens with one attached hydrogen (secondary N) is 2. The minimum absolute atomic E-state index is 0.0426. The quantitative estimate of drug-likeness (QED) is 0.814. The van der Waals surface area contributed by atoms with Crippen molar-refractivity contribution >= 4 is 17.6 Å². The Morgan fingerprint density at radius 3 is 2.48 bits per heavy atom. The van der Waals surface area contributed by atoms with Gasteiger partial charge in [-0.2, -0.15) is 0 Å². The molecule has 7 heteroatoms. The second-order valence-corrected chi connectivity index (χ2v) is 7.80. The normalized spacial score (nSPS) is 25.3. The van der Waals surface area contributed by atoms with E-state index in [2.05, 4.69) is 27.4 Å². The van der Waals surface area contributed by atoms with E-state index in [4.69, 9.17) is 4.74 Å². The fourth-order valence-corrected chi connectivity index (χ4v) is 4.31. The van der Waals surface area contributed by atoms with Crippen LogP contribution in [-0.2, 0) is 4.79 Å². The van der Waals surface area contributed by atoms with Crippen molar-refractivity contribution < 1.29 is 14.3 Å². The van der Waals surface area contributed by atoms with Crippen LogP contribution in [0, 0.1) is 5.92 Å². The number of rotatable bonds is 5. The minimum atomic E-state index is -0.192. The highest BCUT2D eigenvalue weighted by Gasteiger charge is 2.40. The van der Waals surface area contributed by atoms with E-state index in [1.165, 1.54) is 6.92 Å². The van der Waals surface area contributed by atoms with E-state index < -0.39 is 0 Å².